The third-order valence-electron chi connectivity index (χ3n) is 3.01. The molecule has 0 bridgehead atoms. The minimum atomic E-state index is 0.254. The summed E-state index contributed by atoms with van der Waals surface area (Å²) in [4.78, 5) is 17.0. The maximum atomic E-state index is 11.9. The Kier molecular flexibility index (Phi) is 3.09. The van der Waals surface area contributed by atoms with Gasteiger partial charge >= 0.3 is 0 Å². The van der Waals surface area contributed by atoms with Crippen molar-refractivity contribution in [1.82, 2.24) is 9.88 Å². The van der Waals surface area contributed by atoms with E-state index in [0.29, 0.717) is 12.3 Å². The Hall–Kier alpha value is -1.25. The minimum Gasteiger partial charge on any atom is -0.365 e. The summed E-state index contributed by atoms with van der Waals surface area (Å²) in [5.41, 5.74) is 1.01. The molecule has 1 saturated heterocycles. The van der Waals surface area contributed by atoms with E-state index in [1.807, 2.05) is 23.2 Å². The molecule has 82 valence electrons. The standard InChI is InChI=1S/C12H18N2O/c1-10-4-3-7-14(9-10)12(15)8-11-5-2-6-13-11/h2,5-6,10,13H,3-4,7-9H2,1H3. The zero-order chi connectivity index (χ0) is 10.7. The molecule has 1 fully saturated rings. The maximum absolute atomic E-state index is 11.9. The van der Waals surface area contributed by atoms with Gasteiger partial charge in [-0.05, 0) is 30.9 Å². The zero-order valence-corrected chi connectivity index (χ0v) is 9.20. The largest absolute Gasteiger partial charge is 0.365 e. The quantitative estimate of drug-likeness (QED) is 0.787. The first kappa shape index (κ1) is 10.3. The fourth-order valence-corrected chi connectivity index (χ4v) is 2.17. The molecule has 3 nitrogen and oxygen atoms in total. The van der Waals surface area contributed by atoms with Gasteiger partial charge in [0.25, 0.3) is 0 Å². The number of amides is 1. The number of carbonyl (C=O) groups is 1. The van der Waals surface area contributed by atoms with Gasteiger partial charge in [-0.25, -0.2) is 0 Å². The first-order valence-corrected chi connectivity index (χ1v) is 5.66. The molecule has 0 spiro atoms. The molecule has 3 heteroatoms. The fraction of sp³-hybridized carbons (Fsp3) is 0.583. The summed E-state index contributed by atoms with van der Waals surface area (Å²) in [6.07, 6.45) is 4.78. The van der Waals surface area contributed by atoms with Crippen molar-refractivity contribution in [3.05, 3.63) is 24.0 Å². The van der Waals surface area contributed by atoms with Crippen LogP contribution in [0.4, 0.5) is 0 Å². The Labute approximate surface area is 90.5 Å². The highest BCUT2D eigenvalue weighted by Gasteiger charge is 2.20. The van der Waals surface area contributed by atoms with Crippen molar-refractivity contribution in [1.29, 1.82) is 0 Å². The summed E-state index contributed by atoms with van der Waals surface area (Å²) in [7, 11) is 0. The van der Waals surface area contributed by atoms with E-state index in [2.05, 4.69) is 11.9 Å². The van der Waals surface area contributed by atoms with Crippen molar-refractivity contribution in [2.45, 2.75) is 26.2 Å². The van der Waals surface area contributed by atoms with Crippen LogP contribution in [0.15, 0.2) is 18.3 Å². The van der Waals surface area contributed by atoms with Crippen molar-refractivity contribution < 1.29 is 4.79 Å². The van der Waals surface area contributed by atoms with Gasteiger partial charge in [0.05, 0.1) is 6.42 Å². The van der Waals surface area contributed by atoms with Gasteiger partial charge in [-0.3, -0.25) is 4.79 Å². The Morgan fingerprint density at radius 3 is 3.20 bits per heavy atom. The fourth-order valence-electron chi connectivity index (χ4n) is 2.17. The molecule has 1 atom stereocenters. The zero-order valence-electron chi connectivity index (χ0n) is 9.20. The predicted molar refractivity (Wildman–Crippen MR) is 59.5 cm³/mol. The van der Waals surface area contributed by atoms with Crippen LogP contribution in [0.3, 0.4) is 0 Å². The summed E-state index contributed by atoms with van der Waals surface area (Å²) in [6.45, 7) is 4.08. The van der Waals surface area contributed by atoms with Gasteiger partial charge in [0.2, 0.25) is 5.91 Å². The lowest BCUT2D eigenvalue weighted by atomic mass is 10.00. The highest BCUT2D eigenvalue weighted by atomic mass is 16.2. The Bertz CT molecular complexity index is 318. The number of aromatic nitrogens is 1. The van der Waals surface area contributed by atoms with Gasteiger partial charge in [-0.2, -0.15) is 0 Å². The Morgan fingerprint density at radius 1 is 1.67 bits per heavy atom. The molecule has 1 aliphatic heterocycles. The average Bonchev–Trinajstić information content (AvgIpc) is 2.70. The number of hydrogen-bond acceptors (Lipinski definition) is 1. The number of nitrogens with zero attached hydrogens (tertiary/aromatic N) is 1. The third kappa shape index (κ3) is 2.61. The topological polar surface area (TPSA) is 36.1 Å². The van der Waals surface area contributed by atoms with Crippen molar-refractivity contribution >= 4 is 5.91 Å². The molecule has 0 radical (unpaired) electrons. The van der Waals surface area contributed by atoms with Gasteiger partial charge in [0.15, 0.2) is 0 Å². The van der Waals surface area contributed by atoms with Crippen LogP contribution in [0.25, 0.3) is 0 Å². The summed E-state index contributed by atoms with van der Waals surface area (Å²) in [6, 6.07) is 3.90. The number of piperidine rings is 1. The van der Waals surface area contributed by atoms with E-state index in [0.717, 1.165) is 25.2 Å². The molecule has 1 N–H and O–H groups in total. The number of hydrogen-bond donors (Lipinski definition) is 1. The number of nitrogens with one attached hydrogen (secondary N) is 1. The smallest absolute Gasteiger partial charge is 0.228 e. The summed E-state index contributed by atoms with van der Waals surface area (Å²) in [5.74, 6) is 0.912. The molecule has 2 rings (SSSR count). The van der Waals surface area contributed by atoms with Crippen LogP contribution in [0, 0.1) is 5.92 Å². The predicted octanol–water partition coefficient (Wildman–Crippen LogP) is 1.82. The number of H-pyrrole nitrogens is 1. The Morgan fingerprint density at radius 2 is 2.53 bits per heavy atom. The summed E-state index contributed by atoms with van der Waals surface area (Å²) < 4.78 is 0. The van der Waals surface area contributed by atoms with E-state index in [-0.39, 0.29) is 5.91 Å². The van der Waals surface area contributed by atoms with Gasteiger partial charge < -0.3 is 9.88 Å². The van der Waals surface area contributed by atoms with E-state index in [1.165, 1.54) is 6.42 Å². The number of rotatable bonds is 2. The van der Waals surface area contributed by atoms with Crippen molar-refractivity contribution in [2.75, 3.05) is 13.1 Å². The molecule has 0 aliphatic carbocycles. The van der Waals surface area contributed by atoms with E-state index in [9.17, 15) is 4.79 Å². The molecule has 2 heterocycles. The van der Waals surface area contributed by atoms with Crippen LogP contribution in [0.5, 0.6) is 0 Å². The van der Waals surface area contributed by atoms with Gasteiger partial charge in [-0.1, -0.05) is 6.92 Å². The number of carbonyl (C=O) groups excluding carboxylic acids is 1. The van der Waals surface area contributed by atoms with Crippen LogP contribution in [0.1, 0.15) is 25.5 Å². The van der Waals surface area contributed by atoms with Gasteiger partial charge in [-0.15, -0.1) is 0 Å². The molecule has 15 heavy (non-hydrogen) atoms. The monoisotopic (exact) mass is 206 g/mol. The van der Waals surface area contributed by atoms with Gasteiger partial charge in [0.1, 0.15) is 0 Å². The number of aromatic amines is 1. The van der Waals surface area contributed by atoms with Crippen LogP contribution in [0.2, 0.25) is 0 Å². The second-order valence-corrected chi connectivity index (χ2v) is 4.46. The molecular weight excluding hydrogens is 188 g/mol. The van der Waals surface area contributed by atoms with Crippen LogP contribution in [-0.2, 0) is 11.2 Å². The lowest BCUT2D eigenvalue weighted by Gasteiger charge is -2.30. The Balaban J connectivity index is 1.90. The molecule has 1 aromatic heterocycles. The summed E-state index contributed by atoms with van der Waals surface area (Å²) >= 11 is 0. The first-order chi connectivity index (χ1) is 7.25. The van der Waals surface area contributed by atoms with Crippen LogP contribution < -0.4 is 0 Å². The van der Waals surface area contributed by atoms with E-state index < -0.39 is 0 Å². The van der Waals surface area contributed by atoms with Gasteiger partial charge in [0, 0.05) is 25.0 Å². The number of likely N-dealkylation sites (tertiary alicyclic amines) is 1. The summed E-state index contributed by atoms with van der Waals surface area (Å²) in [5, 5.41) is 0. The van der Waals surface area contributed by atoms with E-state index in [1.54, 1.807) is 0 Å². The van der Waals surface area contributed by atoms with Crippen LogP contribution >= 0.6 is 0 Å². The maximum Gasteiger partial charge on any atom is 0.228 e. The highest BCUT2D eigenvalue weighted by molar-refractivity contribution is 5.78. The lowest BCUT2D eigenvalue weighted by Crippen LogP contribution is -2.39. The van der Waals surface area contributed by atoms with Crippen LogP contribution in [-0.4, -0.2) is 28.9 Å². The first-order valence-electron chi connectivity index (χ1n) is 5.66. The third-order valence-corrected chi connectivity index (χ3v) is 3.01. The molecule has 0 saturated carbocycles. The molecule has 1 aromatic rings. The van der Waals surface area contributed by atoms with E-state index >= 15 is 0 Å². The highest BCUT2D eigenvalue weighted by Crippen LogP contribution is 2.16. The van der Waals surface area contributed by atoms with E-state index in [4.69, 9.17) is 0 Å². The average molecular weight is 206 g/mol. The minimum absolute atomic E-state index is 0.254. The van der Waals surface area contributed by atoms with Crippen molar-refractivity contribution in [2.24, 2.45) is 5.92 Å². The molecular formula is C12H18N2O. The molecule has 0 aromatic carbocycles. The lowest BCUT2D eigenvalue weighted by molar-refractivity contribution is -0.132. The normalized spacial score (nSPS) is 21.7. The molecule has 1 amide bonds. The SMILES string of the molecule is CC1CCCN(C(=O)Cc2ccc[nH]2)C1. The second-order valence-electron chi connectivity index (χ2n) is 4.46. The van der Waals surface area contributed by atoms with Crippen molar-refractivity contribution in [3.63, 3.8) is 0 Å². The van der Waals surface area contributed by atoms with Crippen molar-refractivity contribution in [3.8, 4) is 0 Å². The molecule has 1 aliphatic rings. The molecule has 1 unspecified atom stereocenters. The second kappa shape index (κ2) is 4.51.